The molecule has 7 heteroatoms. The standard InChI is InChI=1S/C23H27N5O2/c1-13(2)20-19(14(3)30-28-20)22(29)27-18-11-23(4,5)10-17-16(18)12-25-21(26-17)15-6-8-24-9-7-15/h6-9,12-13,18H,10-11H2,1-5H3,(H,27,29)/t18-/m0/s1. The maximum Gasteiger partial charge on any atom is 0.257 e. The molecule has 1 N–H and O–H groups in total. The first-order valence-electron chi connectivity index (χ1n) is 10.3. The van der Waals surface area contributed by atoms with Crippen LogP contribution in [-0.4, -0.2) is 26.0 Å². The summed E-state index contributed by atoms with van der Waals surface area (Å²) in [7, 11) is 0. The minimum Gasteiger partial charge on any atom is -0.361 e. The van der Waals surface area contributed by atoms with Gasteiger partial charge < -0.3 is 9.84 Å². The average molecular weight is 406 g/mol. The van der Waals surface area contributed by atoms with Gasteiger partial charge in [-0.25, -0.2) is 9.97 Å². The number of carbonyl (C=O) groups excluding carboxylic acids is 1. The Bertz CT molecular complexity index is 1070. The highest BCUT2D eigenvalue weighted by atomic mass is 16.5. The molecule has 1 aliphatic rings. The highest BCUT2D eigenvalue weighted by Gasteiger charge is 2.35. The Balaban J connectivity index is 1.67. The molecule has 0 fully saturated rings. The summed E-state index contributed by atoms with van der Waals surface area (Å²) in [6.45, 7) is 10.2. The van der Waals surface area contributed by atoms with Crippen molar-refractivity contribution in [2.75, 3.05) is 0 Å². The molecule has 7 nitrogen and oxygen atoms in total. The fraction of sp³-hybridized carbons (Fsp3) is 0.435. The number of hydrogen-bond acceptors (Lipinski definition) is 6. The molecule has 0 radical (unpaired) electrons. The zero-order valence-electron chi connectivity index (χ0n) is 18.1. The summed E-state index contributed by atoms with van der Waals surface area (Å²) in [6, 6.07) is 3.63. The largest absolute Gasteiger partial charge is 0.361 e. The van der Waals surface area contributed by atoms with Crippen molar-refractivity contribution in [2.45, 2.75) is 59.4 Å². The first kappa shape index (κ1) is 20.2. The number of nitrogens with one attached hydrogen (secondary N) is 1. The molecule has 3 aromatic rings. The number of rotatable bonds is 4. The molecular weight excluding hydrogens is 378 g/mol. The molecule has 0 saturated heterocycles. The van der Waals surface area contributed by atoms with E-state index in [1.807, 2.05) is 32.2 Å². The second kappa shape index (κ2) is 7.63. The molecule has 0 unspecified atom stereocenters. The number of hydrogen-bond donors (Lipinski definition) is 1. The Kier molecular flexibility index (Phi) is 5.13. The third-order valence-electron chi connectivity index (χ3n) is 5.59. The third kappa shape index (κ3) is 3.84. The Morgan fingerprint density at radius 3 is 2.70 bits per heavy atom. The normalized spacial score (nSPS) is 17.6. The Hall–Kier alpha value is -3.09. The van der Waals surface area contributed by atoms with Crippen LogP contribution in [0.2, 0.25) is 0 Å². The van der Waals surface area contributed by atoms with E-state index >= 15 is 0 Å². The van der Waals surface area contributed by atoms with Crippen LogP contribution in [0, 0.1) is 12.3 Å². The molecule has 0 spiro atoms. The van der Waals surface area contributed by atoms with Crippen LogP contribution < -0.4 is 5.32 Å². The topological polar surface area (TPSA) is 93.8 Å². The average Bonchev–Trinajstić information content (AvgIpc) is 3.09. The van der Waals surface area contributed by atoms with E-state index in [0.717, 1.165) is 29.7 Å². The predicted molar refractivity (Wildman–Crippen MR) is 113 cm³/mol. The molecule has 0 aliphatic heterocycles. The van der Waals surface area contributed by atoms with E-state index in [9.17, 15) is 4.79 Å². The zero-order valence-corrected chi connectivity index (χ0v) is 18.1. The van der Waals surface area contributed by atoms with Gasteiger partial charge in [0.05, 0.1) is 17.4 Å². The molecule has 1 amide bonds. The minimum absolute atomic E-state index is 0.000613. The van der Waals surface area contributed by atoms with E-state index in [4.69, 9.17) is 9.51 Å². The monoisotopic (exact) mass is 405 g/mol. The molecular formula is C23H27N5O2. The van der Waals surface area contributed by atoms with Crippen LogP contribution in [0.25, 0.3) is 11.4 Å². The van der Waals surface area contributed by atoms with Crippen LogP contribution in [0.1, 0.15) is 79.1 Å². The highest BCUT2D eigenvalue weighted by Crippen LogP contribution is 2.40. The second-order valence-corrected chi connectivity index (χ2v) is 9.06. The Morgan fingerprint density at radius 2 is 2.00 bits per heavy atom. The fourth-order valence-corrected chi connectivity index (χ4v) is 4.11. The molecule has 4 rings (SSSR count). The van der Waals surface area contributed by atoms with Gasteiger partial charge in [0.1, 0.15) is 11.3 Å². The SMILES string of the molecule is Cc1onc(C(C)C)c1C(=O)N[C@H]1CC(C)(C)Cc2nc(-c3ccncc3)ncc21. The minimum atomic E-state index is -0.169. The van der Waals surface area contributed by atoms with Crippen molar-refractivity contribution in [2.24, 2.45) is 5.41 Å². The molecule has 3 aromatic heterocycles. The number of pyridine rings is 1. The highest BCUT2D eigenvalue weighted by molar-refractivity contribution is 5.96. The van der Waals surface area contributed by atoms with Crippen molar-refractivity contribution in [1.82, 2.24) is 25.4 Å². The summed E-state index contributed by atoms with van der Waals surface area (Å²) in [4.78, 5) is 26.6. The Morgan fingerprint density at radius 1 is 1.27 bits per heavy atom. The molecule has 1 atom stereocenters. The van der Waals surface area contributed by atoms with Crippen molar-refractivity contribution in [3.63, 3.8) is 0 Å². The van der Waals surface area contributed by atoms with Crippen LogP contribution in [0.4, 0.5) is 0 Å². The van der Waals surface area contributed by atoms with Crippen molar-refractivity contribution in [1.29, 1.82) is 0 Å². The second-order valence-electron chi connectivity index (χ2n) is 9.06. The van der Waals surface area contributed by atoms with Gasteiger partial charge >= 0.3 is 0 Å². The van der Waals surface area contributed by atoms with Crippen molar-refractivity contribution < 1.29 is 9.32 Å². The van der Waals surface area contributed by atoms with E-state index in [1.54, 1.807) is 19.3 Å². The number of amides is 1. The summed E-state index contributed by atoms with van der Waals surface area (Å²) in [5.74, 6) is 1.15. The number of carbonyl (C=O) groups is 1. The first-order chi connectivity index (χ1) is 14.2. The van der Waals surface area contributed by atoms with Gasteiger partial charge in [-0.15, -0.1) is 0 Å². The number of nitrogens with zero attached hydrogens (tertiary/aromatic N) is 4. The molecule has 0 aromatic carbocycles. The van der Waals surface area contributed by atoms with Gasteiger partial charge in [-0.1, -0.05) is 32.9 Å². The maximum atomic E-state index is 13.2. The van der Waals surface area contributed by atoms with E-state index in [0.29, 0.717) is 22.8 Å². The number of fused-ring (bicyclic) bond motifs is 1. The quantitative estimate of drug-likeness (QED) is 0.691. The zero-order chi connectivity index (χ0) is 21.5. The lowest BCUT2D eigenvalue weighted by molar-refractivity contribution is 0.0916. The van der Waals surface area contributed by atoms with E-state index in [2.05, 4.69) is 34.3 Å². The summed E-state index contributed by atoms with van der Waals surface area (Å²) < 4.78 is 5.30. The smallest absolute Gasteiger partial charge is 0.257 e. The lowest BCUT2D eigenvalue weighted by Crippen LogP contribution is -2.37. The Labute approximate surface area is 176 Å². The van der Waals surface area contributed by atoms with E-state index < -0.39 is 0 Å². The van der Waals surface area contributed by atoms with Crippen LogP contribution in [0.5, 0.6) is 0 Å². The molecule has 1 aliphatic carbocycles. The van der Waals surface area contributed by atoms with Crippen LogP contribution >= 0.6 is 0 Å². The number of aromatic nitrogens is 4. The predicted octanol–water partition coefficient (Wildman–Crippen LogP) is 4.40. The third-order valence-corrected chi connectivity index (χ3v) is 5.59. The fourth-order valence-electron chi connectivity index (χ4n) is 4.11. The summed E-state index contributed by atoms with van der Waals surface area (Å²) in [6.07, 6.45) is 6.96. The van der Waals surface area contributed by atoms with E-state index in [-0.39, 0.29) is 23.3 Å². The lowest BCUT2D eigenvalue weighted by atomic mass is 9.74. The van der Waals surface area contributed by atoms with Gasteiger partial charge in [0, 0.05) is 29.7 Å². The van der Waals surface area contributed by atoms with Gasteiger partial charge in [0.25, 0.3) is 5.91 Å². The summed E-state index contributed by atoms with van der Waals surface area (Å²) in [5, 5.41) is 7.28. The van der Waals surface area contributed by atoms with Gasteiger partial charge in [-0.05, 0) is 43.2 Å². The molecule has 156 valence electrons. The molecule has 30 heavy (non-hydrogen) atoms. The van der Waals surface area contributed by atoms with Crippen molar-refractivity contribution in [3.05, 3.63) is 59.0 Å². The molecule has 0 saturated carbocycles. The van der Waals surface area contributed by atoms with E-state index in [1.165, 1.54) is 0 Å². The molecule has 3 heterocycles. The van der Waals surface area contributed by atoms with Crippen molar-refractivity contribution in [3.8, 4) is 11.4 Å². The summed E-state index contributed by atoms with van der Waals surface area (Å²) in [5.41, 5.74) is 4.09. The number of aryl methyl sites for hydroxylation is 1. The van der Waals surface area contributed by atoms with Crippen LogP contribution in [-0.2, 0) is 6.42 Å². The van der Waals surface area contributed by atoms with Crippen LogP contribution in [0.3, 0.4) is 0 Å². The van der Waals surface area contributed by atoms with Gasteiger partial charge in [0.2, 0.25) is 0 Å². The van der Waals surface area contributed by atoms with Gasteiger partial charge in [0.15, 0.2) is 5.82 Å². The lowest BCUT2D eigenvalue weighted by Gasteiger charge is -2.36. The maximum absolute atomic E-state index is 13.2. The van der Waals surface area contributed by atoms with Gasteiger partial charge in [-0.3, -0.25) is 9.78 Å². The van der Waals surface area contributed by atoms with Crippen molar-refractivity contribution >= 4 is 5.91 Å². The van der Waals surface area contributed by atoms with Gasteiger partial charge in [-0.2, -0.15) is 0 Å². The molecule has 0 bridgehead atoms. The van der Waals surface area contributed by atoms with Crippen LogP contribution in [0.15, 0.2) is 35.2 Å². The summed E-state index contributed by atoms with van der Waals surface area (Å²) >= 11 is 0. The first-order valence-corrected chi connectivity index (χ1v) is 10.3.